The Balaban J connectivity index is 1.41. The van der Waals surface area contributed by atoms with Gasteiger partial charge in [0, 0.05) is 0 Å². The van der Waals surface area contributed by atoms with E-state index in [0.29, 0.717) is 43.6 Å². The number of carbonyl (C=O) groups excluding carboxylic acids is 2. The standard InChI is InChI=1S/C32H31BrClF3N6O4Se/c1-30(2,3)47-29(46)41-13-11-31(12-14-41)16-22(48-19-7-5-4-6-8-19)25-24(31)26(45)43-28(39-27(33)40-43)42(25)17-23(44)38-21-10-9-18(15-20(21)34)32(35,36)37/h4-10,15,22H,11-14,16-17H2,1-3H3,(H,38,44). The van der Waals surface area contributed by atoms with E-state index in [1.807, 2.05) is 51.1 Å². The summed E-state index contributed by atoms with van der Waals surface area (Å²) in [7, 11) is 0. The maximum absolute atomic E-state index is 14.3. The number of anilines is 1. The monoisotopic (exact) mass is 814 g/mol. The second-order valence-corrected chi connectivity index (χ2v) is 16.7. The molecule has 254 valence electrons. The summed E-state index contributed by atoms with van der Waals surface area (Å²) >= 11 is 9.26. The van der Waals surface area contributed by atoms with E-state index in [4.69, 9.17) is 16.3 Å². The summed E-state index contributed by atoms with van der Waals surface area (Å²) in [5.74, 6) is -0.424. The first-order valence-electron chi connectivity index (χ1n) is 15.1. The fourth-order valence-corrected chi connectivity index (χ4v) is 9.86. The van der Waals surface area contributed by atoms with Gasteiger partial charge in [-0.1, -0.05) is 0 Å². The Bertz CT molecular complexity index is 1960. The molecule has 1 fully saturated rings. The average molecular weight is 815 g/mol. The van der Waals surface area contributed by atoms with Crippen LogP contribution < -0.4 is 15.3 Å². The Morgan fingerprint density at radius 2 is 1.81 bits per heavy atom. The van der Waals surface area contributed by atoms with Crippen molar-refractivity contribution >= 4 is 70.4 Å². The van der Waals surface area contributed by atoms with Gasteiger partial charge in [0.15, 0.2) is 0 Å². The van der Waals surface area contributed by atoms with Crippen molar-refractivity contribution in [1.29, 1.82) is 0 Å². The van der Waals surface area contributed by atoms with E-state index in [0.717, 1.165) is 22.7 Å². The van der Waals surface area contributed by atoms with Crippen LogP contribution in [0.5, 0.6) is 0 Å². The minimum absolute atomic E-state index is 0.0158. The molecule has 1 N–H and O–H groups in total. The van der Waals surface area contributed by atoms with Crippen molar-refractivity contribution in [2.75, 3.05) is 18.4 Å². The third-order valence-corrected chi connectivity index (χ3v) is 11.6. The molecular formula is C32H31BrClF3N6O4Se. The van der Waals surface area contributed by atoms with Crippen molar-refractivity contribution in [3.05, 3.63) is 85.5 Å². The number of carbonyl (C=O) groups is 2. The Morgan fingerprint density at radius 1 is 1.12 bits per heavy atom. The van der Waals surface area contributed by atoms with Gasteiger partial charge in [-0.25, -0.2) is 0 Å². The van der Waals surface area contributed by atoms with Crippen LogP contribution in [0.1, 0.15) is 61.7 Å². The molecule has 0 radical (unpaired) electrons. The number of alkyl halides is 3. The van der Waals surface area contributed by atoms with Crippen LogP contribution >= 0.6 is 27.5 Å². The Labute approximate surface area is 293 Å². The van der Waals surface area contributed by atoms with Crippen molar-refractivity contribution < 1.29 is 27.5 Å². The third kappa shape index (κ3) is 6.87. The van der Waals surface area contributed by atoms with E-state index >= 15 is 0 Å². The van der Waals surface area contributed by atoms with Gasteiger partial charge in [-0.15, -0.1) is 0 Å². The molecule has 3 heterocycles. The first-order valence-corrected chi connectivity index (χ1v) is 18.1. The number of ether oxygens (including phenoxy) is 1. The number of nitrogens with one attached hydrogen (secondary N) is 1. The number of rotatable bonds is 5. The van der Waals surface area contributed by atoms with Gasteiger partial charge < -0.3 is 0 Å². The van der Waals surface area contributed by atoms with Gasteiger partial charge in [-0.05, 0) is 0 Å². The van der Waals surface area contributed by atoms with E-state index in [-0.39, 0.29) is 53.1 Å². The molecule has 2 aromatic heterocycles. The van der Waals surface area contributed by atoms with Crippen LogP contribution in [-0.2, 0) is 27.7 Å². The van der Waals surface area contributed by atoms with Crippen molar-refractivity contribution in [3.63, 3.8) is 0 Å². The molecule has 0 bridgehead atoms. The number of amides is 2. The van der Waals surface area contributed by atoms with E-state index in [2.05, 4.69) is 31.3 Å². The molecule has 10 nitrogen and oxygen atoms in total. The predicted molar refractivity (Wildman–Crippen MR) is 178 cm³/mol. The van der Waals surface area contributed by atoms with E-state index in [9.17, 15) is 27.6 Å². The molecule has 2 aromatic carbocycles. The summed E-state index contributed by atoms with van der Waals surface area (Å²) in [6.07, 6.45) is -3.37. The molecule has 1 aliphatic heterocycles. The van der Waals surface area contributed by atoms with Gasteiger partial charge in [0.1, 0.15) is 0 Å². The first kappa shape index (κ1) is 34.5. The summed E-state index contributed by atoms with van der Waals surface area (Å²) in [5.41, 5.74) is -1.30. The van der Waals surface area contributed by atoms with Gasteiger partial charge in [0.2, 0.25) is 0 Å². The van der Waals surface area contributed by atoms with E-state index in [1.165, 1.54) is 4.52 Å². The molecule has 16 heteroatoms. The van der Waals surface area contributed by atoms with Gasteiger partial charge >= 0.3 is 294 Å². The molecule has 1 saturated heterocycles. The number of aromatic nitrogens is 4. The topological polar surface area (TPSA) is 111 Å². The zero-order chi connectivity index (χ0) is 34.6. The van der Waals surface area contributed by atoms with Crippen LogP contribution in [0.2, 0.25) is 5.02 Å². The number of hydrogen-bond acceptors (Lipinski definition) is 6. The van der Waals surface area contributed by atoms with Gasteiger partial charge in [-0.3, -0.25) is 0 Å². The second-order valence-electron chi connectivity index (χ2n) is 12.9. The van der Waals surface area contributed by atoms with Crippen LogP contribution in [0.4, 0.5) is 23.7 Å². The van der Waals surface area contributed by atoms with Gasteiger partial charge in [0.25, 0.3) is 0 Å². The van der Waals surface area contributed by atoms with Gasteiger partial charge in [0.05, 0.1) is 0 Å². The van der Waals surface area contributed by atoms with E-state index < -0.39 is 34.8 Å². The first-order chi connectivity index (χ1) is 22.5. The molecule has 4 aromatic rings. The number of halogens is 5. The molecule has 1 spiro atoms. The SMILES string of the molecule is CC(C)(C)OC(=O)N1CCC2(CC1)CC([Se]c1ccccc1)c1c2c(=O)n2nc(Br)nc2n1CC(=O)Nc1ccc(C(F)(F)F)cc1Cl. The van der Waals surface area contributed by atoms with Crippen molar-refractivity contribution in [2.24, 2.45) is 0 Å². The number of piperidine rings is 1. The molecule has 1 unspecified atom stereocenters. The van der Waals surface area contributed by atoms with Crippen molar-refractivity contribution in [3.8, 4) is 0 Å². The number of fused-ring (bicyclic) bond motifs is 3. The number of nitrogens with zero attached hydrogens (tertiary/aromatic N) is 5. The summed E-state index contributed by atoms with van der Waals surface area (Å²) < 4.78 is 49.4. The van der Waals surface area contributed by atoms with Crippen LogP contribution in [0.3, 0.4) is 0 Å². The van der Waals surface area contributed by atoms with Crippen molar-refractivity contribution in [2.45, 2.75) is 68.6 Å². The summed E-state index contributed by atoms with van der Waals surface area (Å²) in [6.45, 7) is 5.88. The zero-order valence-corrected chi connectivity index (χ0v) is 30.2. The van der Waals surface area contributed by atoms with Gasteiger partial charge in [-0.2, -0.15) is 0 Å². The Hall–Kier alpha value is -3.39. The fourth-order valence-electron chi connectivity index (χ4n) is 6.38. The Morgan fingerprint density at radius 3 is 2.44 bits per heavy atom. The van der Waals surface area contributed by atoms with Crippen molar-refractivity contribution in [1.82, 2.24) is 24.1 Å². The molecule has 1 atom stereocenters. The quantitative estimate of drug-likeness (QED) is 0.259. The van der Waals surface area contributed by atoms with Crippen LogP contribution in [0, 0.1) is 0 Å². The molecule has 0 saturated carbocycles. The summed E-state index contributed by atoms with van der Waals surface area (Å²) in [4.78, 5) is 46.8. The summed E-state index contributed by atoms with van der Waals surface area (Å²) in [5, 5.41) is 6.67. The molecule has 6 rings (SSSR count). The number of benzene rings is 2. The maximum atomic E-state index is 14.3. The predicted octanol–water partition coefficient (Wildman–Crippen LogP) is 5.71. The van der Waals surface area contributed by atoms with Crippen LogP contribution in [0.15, 0.2) is 58.1 Å². The second kappa shape index (κ2) is 12.8. The molecule has 1 aliphatic carbocycles. The molecule has 2 amide bonds. The molecular weight excluding hydrogens is 784 g/mol. The number of hydrogen-bond donors (Lipinski definition) is 1. The molecule has 2 aliphatic rings. The molecule has 48 heavy (non-hydrogen) atoms. The number of likely N-dealkylation sites (tertiary alicyclic amines) is 1. The van der Waals surface area contributed by atoms with E-state index in [1.54, 1.807) is 9.47 Å². The zero-order valence-electron chi connectivity index (χ0n) is 26.1. The summed E-state index contributed by atoms with van der Waals surface area (Å²) in [6, 6.07) is 12.6. The Kier molecular flexibility index (Phi) is 9.20. The average Bonchev–Trinajstić information content (AvgIpc) is 3.54. The third-order valence-electron chi connectivity index (χ3n) is 8.44. The van der Waals surface area contributed by atoms with Crippen LogP contribution in [-0.4, -0.2) is 69.7 Å². The van der Waals surface area contributed by atoms with Crippen LogP contribution in [0.25, 0.3) is 5.78 Å². The fraction of sp³-hybridized carbons (Fsp3) is 0.406. The normalized spacial score (nSPS) is 17.5. The minimum atomic E-state index is -4.59.